The fourth-order valence-corrected chi connectivity index (χ4v) is 2.80. The zero-order valence-corrected chi connectivity index (χ0v) is 13.1. The molecule has 0 bridgehead atoms. The molecule has 1 fully saturated rings. The van der Waals surface area contributed by atoms with Crippen LogP contribution in [-0.4, -0.2) is 46.6 Å². The third-order valence-electron chi connectivity index (χ3n) is 4.51. The molecule has 0 aromatic rings. The van der Waals surface area contributed by atoms with Crippen LogP contribution in [0.25, 0.3) is 0 Å². The molecule has 20 heavy (non-hydrogen) atoms. The van der Waals surface area contributed by atoms with E-state index in [9.17, 15) is 14.7 Å². The maximum absolute atomic E-state index is 12.3. The Hall–Kier alpha value is -1.10. The minimum absolute atomic E-state index is 0.0672. The first-order chi connectivity index (χ1) is 9.38. The molecule has 1 aliphatic rings. The van der Waals surface area contributed by atoms with Gasteiger partial charge in [-0.2, -0.15) is 0 Å². The molecule has 0 radical (unpaired) electrons. The molecule has 4 atom stereocenters. The molecule has 0 aromatic heterocycles. The SMILES string of the molecule is CCC(C)C(NC(=O)C(C)N1CCCCC1C)C(=O)O. The molecular formula is C15H28N2O3. The van der Waals surface area contributed by atoms with E-state index in [1.54, 1.807) is 0 Å². The van der Waals surface area contributed by atoms with E-state index in [-0.39, 0.29) is 17.9 Å². The summed E-state index contributed by atoms with van der Waals surface area (Å²) >= 11 is 0. The number of rotatable bonds is 6. The predicted octanol–water partition coefficient (Wildman–Crippen LogP) is 1.86. The smallest absolute Gasteiger partial charge is 0.326 e. The molecule has 5 heteroatoms. The number of piperidine rings is 1. The van der Waals surface area contributed by atoms with Crippen molar-refractivity contribution in [1.82, 2.24) is 10.2 Å². The highest BCUT2D eigenvalue weighted by Gasteiger charge is 2.31. The Morgan fingerprint density at radius 1 is 1.35 bits per heavy atom. The van der Waals surface area contributed by atoms with Crippen LogP contribution in [0, 0.1) is 5.92 Å². The zero-order chi connectivity index (χ0) is 15.3. The van der Waals surface area contributed by atoms with Crippen LogP contribution in [0.15, 0.2) is 0 Å². The highest BCUT2D eigenvalue weighted by molar-refractivity contribution is 5.86. The first-order valence-electron chi connectivity index (χ1n) is 7.67. The number of carbonyl (C=O) groups excluding carboxylic acids is 1. The maximum atomic E-state index is 12.3. The summed E-state index contributed by atoms with van der Waals surface area (Å²) in [6.07, 6.45) is 4.14. The number of amides is 1. The van der Waals surface area contributed by atoms with Crippen molar-refractivity contribution in [3.8, 4) is 0 Å². The van der Waals surface area contributed by atoms with Gasteiger partial charge in [0.25, 0.3) is 0 Å². The zero-order valence-electron chi connectivity index (χ0n) is 13.1. The first-order valence-corrected chi connectivity index (χ1v) is 7.67. The van der Waals surface area contributed by atoms with E-state index < -0.39 is 12.0 Å². The number of hydrogen-bond acceptors (Lipinski definition) is 3. The fraction of sp³-hybridized carbons (Fsp3) is 0.867. The van der Waals surface area contributed by atoms with Crippen molar-refractivity contribution in [2.75, 3.05) is 6.54 Å². The molecule has 0 aromatic carbocycles. The number of carboxylic acid groups (broad SMARTS) is 1. The monoisotopic (exact) mass is 284 g/mol. The number of hydrogen-bond donors (Lipinski definition) is 2. The van der Waals surface area contributed by atoms with Gasteiger partial charge in [-0.1, -0.05) is 26.7 Å². The van der Waals surface area contributed by atoms with Gasteiger partial charge in [-0.15, -0.1) is 0 Å². The van der Waals surface area contributed by atoms with Gasteiger partial charge in [-0.25, -0.2) is 4.79 Å². The third kappa shape index (κ3) is 4.20. The molecule has 1 saturated heterocycles. The number of carbonyl (C=O) groups is 2. The lowest BCUT2D eigenvalue weighted by Gasteiger charge is -2.37. The second kappa shape index (κ2) is 7.62. The van der Waals surface area contributed by atoms with Crippen molar-refractivity contribution < 1.29 is 14.7 Å². The summed E-state index contributed by atoms with van der Waals surface area (Å²) in [5.41, 5.74) is 0. The second-order valence-electron chi connectivity index (χ2n) is 5.97. The third-order valence-corrected chi connectivity index (χ3v) is 4.51. The number of aliphatic carboxylic acids is 1. The van der Waals surface area contributed by atoms with Crippen molar-refractivity contribution in [2.45, 2.75) is 71.5 Å². The number of nitrogens with zero attached hydrogens (tertiary/aromatic N) is 1. The van der Waals surface area contributed by atoms with Crippen LogP contribution >= 0.6 is 0 Å². The maximum Gasteiger partial charge on any atom is 0.326 e. The Morgan fingerprint density at radius 2 is 2.00 bits per heavy atom. The lowest BCUT2D eigenvalue weighted by Crippen LogP contribution is -2.55. The quantitative estimate of drug-likeness (QED) is 0.781. The molecule has 5 nitrogen and oxygen atoms in total. The molecule has 2 N–H and O–H groups in total. The van der Waals surface area contributed by atoms with Gasteiger partial charge in [0.05, 0.1) is 6.04 Å². The Morgan fingerprint density at radius 3 is 2.50 bits per heavy atom. The number of carboxylic acids is 1. The van der Waals surface area contributed by atoms with Crippen molar-refractivity contribution in [1.29, 1.82) is 0 Å². The van der Waals surface area contributed by atoms with Gasteiger partial charge in [-0.3, -0.25) is 9.69 Å². The highest BCUT2D eigenvalue weighted by atomic mass is 16.4. The molecular weight excluding hydrogens is 256 g/mol. The summed E-state index contributed by atoms with van der Waals surface area (Å²) < 4.78 is 0. The topological polar surface area (TPSA) is 69.6 Å². The fourth-order valence-electron chi connectivity index (χ4n) is 2.80. The lowest BCUT2D eigenvalue weighted by molar-refractivity contribution is -0.144. The minimum atomic E-state index is -0.952. The number of nitrogens with one attached hydrogen (secondary N) is 1. The van der Waals surface area contributed by atoms with E-state index in [0.29, 0.717) is 6.04 Å². The molecule has 1 amide bonds. The van der Waals surface area contributed by atoms with Gasteiger partial charge in [0.2, 0.25) is 5.91 Å². The summed E-state index contributed by atoms with van der Waals surface area (Å²) in [6, 6.07) is -0.678. The van der Waals surface area contributed by atoms with Crippen LogP contribution in [0.4, 0.5) is 0 Å². The van der Waals surface area contributed by atoms with Crippen molar-refractivity contribution >= 4 is 11.9 Å². The Bertz CT molecular complexity index is 346. The Labute approximate surface area is 121 Å². The van der Waals surface area contributed by atoms with Crippen LogP contribution in [0.1, 0.15) is 53.4 Å². The van der Waals surface area contributed by atoms with Crippen LogP contribution in [0.2, 0.25) is 0 Å². The van der Waals surface area contributed by atoms with E-state index >= 15 is 0 Å². The Balaban J connectivity index is 2.65. The average molecular weight is 284 g/mol. The second-order valence-corrected chi connectivity index (χ2v) is 5.97. The van der Waals surface area contributed by atoms with Gasteiger partial charge < -0.3 is 10.4 Å². The van der Waals surface area contributed by atoms with Crippen LogP contribution in [0.5, 0.6) is 0 Å². The van der Waals surface area contributed by atoms with Crippen LogP contribution in [-0.2, 0) is 9.59 Å². The first kappa shape index (κ1) is 17.0. The summed E-state index contributed by atoms with van der Waals surface area (Å²) in [5.74, 6) is -1.19. The average Bonchev–Trinajstić information content (AvgIpc) is 2.43. The number of likely N-dealkylation sites (tertiary alicyclic amines) is 1. The molecule has 0 saturated carbocycles. The predicted molar refractivity (Wildman–Crippen MR) is 78.5 cm³/mol. The van der Waals surface area contributed by atoms with E-state index in [4.69, 9.17) is 0 Å². The molecule has 1 aliphatic heterocycles. The normalized spacial score (nSPS) is 24.7. The van der Waals surface area contributed by atoms with E-state index in [0.717, 1.165) is 25.8 Å². The lowest BCUT2D eigenvalue weighted by atomic mass is 9.98. The van der Waals surface area contributed by atoms with E-state index in [2.05, 4.69) is 17.1 Å². The van der Waals surface area contributed by atoms with Gasteiger partial charge in [0.15, 0.2) is 0 Å². The van der Waals surface area contributed by atoms with Crippen LogP contribution in [0.3, 0.4) is 0 Å². The van der Waals surface area contributed by atoms with Gasteiger partial charge >= 0.3 is 5.97 Å². The minimum Gasteiger partial charge on any atom is -0.480 e. The summed E-state index contributed by atoms with van der Waals surface area (Å²) in [6.45, 7) is 8.70. The van der Waals surface area contributed by atoms with Gasteiger partial charge in [-0.05, 0) is 39.2 Å². The summed E-state index contributed by atoms with van der Waals surface area (Å²) in [4.78, 5) is 25.8. The highest BCUT2D eigenvalue weighted by Crippen LogP contribution is 2.19. The van der Waals surface area contributed by atoms with Gasteiger partial charge in [0, 0.05) is 6.04 Å². The van der Waals surface area contributed by atoms with Crippen molar-refractivity contribution in [2.24, 2.45) is 5.92 Å². The van der Waals surface area contributed by atoms with E-state index in [1.807, 2.05) is 20.8 Å². The largest absolute Gasteiger partial charge is 0.480 e. The van der Waals surface area contributed by atoms with Crippen LogP contribution < -0.4 is 5.32 Å². The Kier molecular flexibility index (Phi) is 6.46. The van der Waals surface area contributed by atoms with Crippen molar-refractivity contribution in [3.63, 3.8) is 0 Å². The molecule has 4 unspecified atom stereocenters. The summed E-state index contributed by atoms with van der Waals surface area (Å²) in [7, 11) is 0. The standard InChI is InChI=1S/C15H28N2O3/c1-5-10(2)13(15(19)20)16-14(18)12(4)17-9-7-6-8-11(17)3/h10-13H,5-9H2,1-4H3,(H,16,18)(H,19,20). The molecule has 116 valence electrons. The van der Waals surface area contributed by atoms with Crippen molar-refractivity contribution in [3.05, 3.63) is 0 Å². The molecule has 1 rings (SSSR count). The summed E-state index contributed by atoms with van der Waals surface area (Å²) in [5, 5.41) is 11.9. The van der Waals surface area contributed by atoms with E-state index in [1.165, 1.54) is 6.42 Å². The molecule has 1 heterocycles. The van der Waals surface area contributed by atoms with Gasteiger partial charge in [0.1, 0.15) is 6.04 Å². The molecule has 0 aliphatic carbocycles. The molecule has 0 spiro atoms.